The number of carbonyl (C=O) groups excluding carboxylic acids is 2. The second-order valence-electron chi connectivity index (χ2n) is 9.53. The first-order valence-corrected chi connectivity index (χ1v) is 15.2. The van der Waals surface area contributed by atoms with E-state index in [9.17, 15) is 18.0 Å². The molecule has 8 nitrogen and oxygen atoms in total. The average Bonchev–Trinajstić information content (AvgIpc) is 2.93. The molecule has 0 fully saturated rings. The van der Waals surface area contributed by atoms with Crippen LogP contribution in [0.15, 0.2) is 72.8 Å². The Hall–Kier alpha value is -3.56. The van der Waals surface area contributed by atoms with Crippen molar-refractivity contribution in [3.63, 3.8) is 0 Å². The van der Waals surface area contributed by atoms with Crippen LogP contribution in [0.2, 0.25) is 5.02 Å². The van der Waals surface area contributed by atoms with E-state index in [0.717, 1.165) is 33.7 Å². The Labute approximate surface area is 241 Å². The maximum atomic E-state index is 14.1. The molecule has 0 heterocycles. The van der Waals surface area contributed by atoms with Crippen LogP contribution in [-0.4, -0.2) is 57.6 Å². The van der Waals surface area contributed by atoms with Gasteiger partial charge in [0, 0.05) is 24.5 Å². The summed E-state index contributed by atoms with van der Waals surface area (Å²) in [7, 11) is -2.54. The van der Waals surface area contributed by atoms with Crippen LogP contribution in [0.5, 0.6) is 5.75 Å². The summed E-state index contributed by atoms with van der Waals surface area (Å²) in [5.41, 5.74) is 2.81. The summed E-state index contributed by atoms with van der Waals surface area (Å²) in [6.45, 7) is 3.90. The summed E-state index contributed by atoms with van der Waals surface area (Å²) in [6.07, 6.45) is 2.00. The summed E-state index contributed by atoms with van der Waals surface area (Å²) >= 11 is 6.20. The van der Waals surface area contributed by atoms with Gasteiger partial charge in [0.1, 0.15) is 18.3 Å². The number of hydrogen-bond acceptors (Lipinski definition) is 5. The number of nitrogens with one attached hydrogen (secondary N) is 1. The summed E-state index contributed by atoms with van der Waals surface area (Å²) in [5, 5.41) is 3.21. The van der Waals surface area contributed by atoms with Crippen LogP contribution in [0.25, 0.3) is 0 Å². The summed E-state index contributed by atoms with van der Waals surface area (Å²) < 4.78 is 32.3. The predicted molar refractivity (Wildman–Crippen MR) is 159 cm³/mol. The van der Waals surface area contributed by atoms with E-state index in [1.807, 2.05) is 68.4 Å². The first-order valence-electron chi connectivity index (χ1n) is 13.0. The fraction of sp³-hybridized carbons (Fsp3) is 0.333. The van der Waals surface area contributed by atoms with Gasteiger partial charge in [-0.15, -0.1) is 0 Å². The van der Waals surface area contributed by atoms with Gasteiger partial charge >= 0.3 is 0 Å². The Bertz CT molecular complexity index is 1420. The van der Waals surface area contributed by atoms with Crippen molar-refractivity contribution in [2.24, 2.45) is 0 Å². The van der Waals surface area contributed by atoms with Crippen LogP contribution in [-0.2, 0) is 32.6 Å². The molecular weight excluding hydrogens is 550 g/mol. The first-order chi connectivity index (χ1) is 19.0. The average molecular weight is 586 g/mol. The Morgan fingerprint density at radius 3 is 2.33 bits per heavy atom. The lowest BCUT2D eigenvalue weighted by Gasteiger charge is -2.34. The Balaban J connectivity index is 2.09. The Morgan fingerprint density at radius 2 is 1.70 bits per heavy atom. The molecule has 3 aromatic rings. The van der Waals surface area contributed by atoms with Crippen LogP contribution >= 0.6 is 11.6 Å². The number of halogens is 1. The highest BCUT2D eigenvalue weighted by Crippen LogP contribution is 2.33. The molecule has 3 aromatic carbocycles. The van der Waals surface area contributed by atoms with Gasteiger partial charge in [0.25, 0.3) is 0 Å². The number of hydrogen-bond donors (Lipinski definition) is 1. The molecule has 2 amide bonds. The maximum absolute atomic E-state index is 14.1. The van der Waals surface area contributed by atoms with E-state index in [1.165, 1.54) is 18.1 Å². The fourth-order valence-electron chi connectivity index (χ4n) is 4.34. The lowest BCUT2D eigenvalue weighted by molar-refractivity contribution is -0.140. The summed E-state index contributed by atoms with van der Waals surface area (Å²) in [4.78, 5) is 29.2. The number of benzene rings is 3. The van der Waals surface area contributed by atoms with Crippen molar-refractivity contribution in [2.75, 3.05) is 30.8 Å². The number of anilines is 1. The van der Waals surface area contributed by atoms with Gasteiger partial charge in [-0.2, -0.15) is 0 Å². The van der Waals surface area contributed by atoms with Crippen molar-refractivity contribution in [1.29, 1.82) is 0 Å². The number of amides is 2. The largest absolute Gasteiger partial charge is 0.495 e. The smallest absolute Gasteiger partial charge is 0.244 e. The van der Waals surface area contributed by atoms with Crippen LogP contribution in [0.1, 0.15) is 30.0 Å². The van der Waals surface area contributed by atoms with Crippen molar-refractivity contribution < 1.29 is 22.7 Å². The molecule has 0 bridgehead atoms. The molecule has 0 aliphatic rings. The zero-order valence-corrected chi connectivity index (χ0v) is 24.8. The topological polar surface area (TPSA) is 96.0 Å². The molecule has 0 saturated heterocycles. The van der Waals surface area contributed by atoms with Crippen LogP contribution in [0.4, 0.5) is 5.69 Å². The number of sulfonamides is 1. The molecule has 0 unspecified atom stereocenters. The van der Waals surface area contributed by atoms with E-state index in [2.05, 4.69) is 5.32 Å². The van der Waals surface area contributed by atoms with Crippen molar-refractivity contribution in [2.45, 2.75) is 39.3 Å². The van der Waals surface area contributed by atoms with Gasteiger partial charge in [-0.25, -0.2) is 8.42 Å². The fourth-order valence-corrected chi connectivity index (χ4v) is 5.36. The quantitative estimate of drug-likeness (QED) is 0.317. The molecule has 10 heteroatoms. The number of aryl methyl sites for hydroxylation is 1. The molecule has 1 atom stereocenters. The van der Waals surface area contributed by atoms with E-state index in [0.29, 0.717) is 6.54 Å². The molecule has 0 aliphatic heterocycles. The minimum absolute atomic E-state index is 0.118. The monoisotopic (exact) mass is 585 g/mol. The number of carbonyl (C=O) groups is 2. The lowest BCUT2D eigenvalue weighted by Crippen LogP contribution is -2.53. The van der Waals surface area contributed by atoms with Gasteiger partial charge < -0.3 is 15.0 Å². The standard InChI is InChI=1S/C30H36ClN3O5S/c1-5-17-32-30(36)27(18-23-12-7-6-8-13-23)33(20-24-14-10-9-11-22(24)2)29(35)21-34(40(4,37)38)26-19-25(31)15-16-28(26)39-3/h6-16,19,27H,5,17-18,20-21H2,1-4H3,(H,32,36)/t27-/m1/s1. The van der Waals surface area contributed by atoms with E-state index >= 15 is 0 Å². The second-order valence-corrected chi connectivity index (χ2v) is 11.9. The third-order valence-electron chi connectivity index (χ3n) is 6.51. The van der Waals surface area contributed by atoms with Gasteiger partial charge in [-0.3, -0.25) is 13.9 Å². The predicted octanol–water partition coefficient (Wildman–Crippen LogP) is 4.59. The molecule has 40 heavy (non-hydrogen) atoms. The van der Waals surface area contributed by atoms with Gasteiger partial charge in [0.15, 0.2) is 0 Å². The molecule has 0 radical (unpaired) electrons. The van der Waals surface area contributed by atoms with E-state index in [4.69, 9.17) is 16.3 Å². The lowest BCUT2D eigenvalue weighted by atomic mass is 10.0. The van der Waals surface area contributed by atoms with Crippen molar-refractivity contribution in [1.82, 2.24) is 10.2 Å². The van der Waals surface area contributed by atoms with Gasteiger partial charge in [-0.1, -0.05) is 73.1 Å². The third kappa shape index (κ3) is 8.22. The van der Waals surface area contributed by atoms with Crippen LogP contribution in [0, 0.1) is 6.92 Å². The van der Waals surface area contributed by atoms with Gasteiger partial charge in [0.2, 0.25) is 21.8 Å². The van der Waals surface area contributed by atoms with Crippen LogP contribution < -0.4 is 14.4 Å². The highest BCUT2D eigenvalue weighted by Gasteiger charge is 2.33. The molecule has 0 aromatic heterocycles. The number of rotatable bonds is 13. The zero-order chi connectivity index (χ0) is 29.3. The SMILES string of the molecule is CCCNC(=O)[C@@H](Cc1ccccc1)N(Cc1ccccc1C)C(=O)CN(c1cc(Cl)ccc1OC)S(C)(=O)=O. The van der Waals surface area contributed by atoms with Gasteiger partial charge in [0.05, 0.1) is 19.1 Å². The third-order valence-corrected chi connectivity index (χ3v) is 7.87. The second kappa shape index (κ2) is 14.2. The Kier molecular flexibility index (Phi) is 11.0. The summed E-state index contributed by atoms with van der Waals surface area (Å²) in [6, 6.07) is 20.7. The molecule has 214 valence electrons. The minimum atomic E-state index is -3.95. The van der Waals surface area contributed by atoms with E-state index in [1.54, 1.807) is 12.1 Å². The molecule has 0 spiro atoms. The number of methoxy groups -OCH3 is 1. The highest BCUT2D eigenvalue weighted by atomic mass is 35.5. The molecule has 3 rings (SSSR count). The van der Waals surface area contributed by atoms with E-state index in [-0.39, 0.29) is 35.3 Å². The Morgan fingerprint density at radius 1 is 1.02 bits per heavy atom. The highest BCUT2D eigenvalue weighted by molar-refractivity contribution is 7.92. The van der Waals surface area contributed by atoms with Crippen molar-refractivity contribution >= 4 is 39.1 Å². The molecule has 1 N–H and O–H groups in total. The number of ether oxygens (including phenoxy) is 1. The minimum Gasteiger partial charge on any atom is -0.495 e. The summed E-state index contributed by atoms with van der Waals surface area (Å²) in [5.74, 6) is -0.600. The molecular formula is C30H36ClN3O5S. The first kappa shape index (κ1) is 31.0. The van der Waals surface area contributed by atoms with Crippen molar-refractivity contribution in [3.05, 3.63) is 94.5 Å². The maximum Gasteiger partial charge on any atom is 0.244 e. The van der Waals surface area contributed by atoms with Crippen molar-refractivity contribution in [3.8, 4) is 5.75 Å². The number of nitrogens with zero attached hydrogens (tertiary/aromatic N) is 2. The molecule has 0 aliphatic carbocycles. The molecule has 0 saturated carbocycles. The normalized spacial score (nSPS) is 11.9. The van der Waals surface area contributed by atoms with Gasteiger partial charge in [-0.05, 0) is 48.2 Å². The van der Waals surface area contributed by atoms with E-state index < -0.39 is 28.5 Å². The zero-order valence-electron chi connectivity index (χ0n) is 23.3. The van der Waals surface area contributed by atoms with Crippen LogP contribution in [0.3, 0.4) is 0 Å².